The van der Waals surface area contributed by atoms with Crippen molar-refractivity contribution < 1.29 is 24.1 Å². The minimum absolute atomic E-state index is 0.0686. The van der Waals surface area contributed by atoms with Gasteiger partial charge in [0.15, 0.2) is 0 Å². The number of halogens is 1. The smallest absolute Gasteiger partial charge is 0.410 e. The van der Waals surface area contributed by atoms with Gasteiger partial charge in [-0.3, -0.25) is 0 Å². The minimum atomic E-state index is -1.38. The first kappa shape index (κ1) is 29.5. The second kappa shape index (κ2) is 11.7. The summed E-state index contributed by atoms with van der Waals surface area (Å²) in [5.41, 5.74) is 0.0567. The number of fused-ring (bicyclic) bond motifs is 1. The number of carbonyl (C=O) groups is 1. The molecule has 2 fully saturated rings. The minimum Gasteiger partial charge on any atom is -0.483 e. The van der Waals surface area contributed by atoms with E-state index in [0.717, 1.165) is 25.7 Å². The van der Waals surface area contributed by atoms with Crippen molar-refractivity contribution in [3.8, 4) is 11.6 Å². The van der Waals surface area contributed by atoms with Crippen LogP contribution < -0.4 is 9.47 Å². The van der Waals surface area contributed by atoms with Crippen molar-refractivity contribution in [3.05, 3.63) is 47.0 Å². The van der Waals surface area contributed by atoms with Crippen LogP contribution in [0, 0.1) is 5.92 Å². The third-order valence-corrected chi connectivity index (χ3v) is 8.64. The second-order valence-corrected chi connectivity index (χ2v) is 12.6. The monoisotopic (exact) mass is 584 g/mol. The van der Waals surface area contributed by atoms with Crippen molar-refractivity contribution in [2.45, 2.75) is 83.0 Å². The molecule has 222 valence electrons. The lowest BCUT2D eigenvalue weighted by Crippen LogP contribution is -2.47. The van der Waals surface area contributed by atoms with Gasteiger partial charge in [0, 0.05) is 31.4 Å². The summed E-state index contributed by atoms with van der Waals surface area (Å²) in [6, 6.07) is 5.66. The third-order valence-electron chi connectivity index (χ3n) is 8.26. The zero-order valence-electron chi connectivity index (χ0n) is 24.7. The lowest BCUT2D eigenvalue weighted by atomic mass is 9.74. The summed E-state index contributed by atoms with van der Waals surface area (Å²) in [6.07, 6.45) is 9.71. The van der Waals surface area contributed by atoms with Gasteiger partial charge < -0.3 is 28.8 Å². The van der Waals surface area contributed by atoms with Crippen LogP contribution in [0.5, 0.6) is 11.6 Å². The van der Waals surface area contributed by atoms with Crippen LogP contribution in [-0.2, 0) is 17.4 Å². The Bertz CT molecular complexity index is 1390. The fraction of sp³-hybridized carbons (Fsp3) is 0.581. The van der Waals surface area contributed by atoms with E-state index in [1.54, 1.807) is 24.5 Å². The summed E-state index contributed by atoms with van der Waals surface area (Å²) in [5.74, 6) is 0.620. The number of aryl methyl sites for hydroxylation is 1. The van der Waals surface area contributed by atoms with Crippen LogP contribution in [0.3, 0.4) is 0 Å². The molecule has 41 heavy (non-hydrogen) atoms. The zero-order valence-corrected chi connectivity index (χ0v) is 25.4. The topological polar surface area (TPSA) is 98.9 Å². The molecule has 2 aliphatic rings. The van der Waals surface area contributed by atoms with Crippen LogP contribution in [0.1, 0.15) is 77.0 Å². The van der Waals surface area contributed by atoms with Gasteiger partial charge in [0.05, 0.1) is 42.0 Å². The van der Waals surface area contributed by atoms with Gasteiger partial charge in [-0.1, -0.05) is 24.1 Å². The van der Waals surface area contributed by atoms with Crippen molar-refractivity contribution in [2.24, 2.45) is 13.0 Å². The number of rotatable bonds is 6. The van der Waals surface area contributed by atoms with Gasteiger partial charge in [0.1, 0.15) is 11.2 Å². The third kappa shape index (κ3) is 5.97. The molecule has 1 saturated carbocycles. The number of hydrogen-bond acceptors (Lipinski definition) is 7. The normalized spacial score (nSPS) is 18.8. The number of benzene rings is 1. The molecule has 2 aromatic heterocycles. The first-order chi connectivity index (χ1) is 19.5. The maximum absolute atomic E-state index is 12.7. The fourth-order valence-corrected chi connectivity index (χ4v) is 6.41. The van der Waals surface area contributed by atoms with E-state index < -0.39 is 11.2 Å². The van der Waals surface area contributed by atoms with Crippen molar-refractivity contribution in [1.29, 1.82) is 0 Å². The summed E-state index contributed by atoms with van der Waals surface area (Å²) in [6.45, 7) is 6.54. The van der Waals surface area contributed by atoms with Crippen LogP contribution in [-0.4, -0.2) is 62.5 Å². The summed E-state index contributed by atoms with van der Waals surface area (Å²) in [7, 11) is 3.44. The molecule has 1 unspecified atom stereocenters. The standard InChI is InChI=1S/C31H41ClN4O5/c1-30(2,3)41-29(37)36-15-13-20(14-16-36)31(38,25-18-33-19-35(25)4)21-11-12-24-23(17-21)26(32)27(28(34-24)39-5)40-22-9-7-6-8-10-22/h11-12,17-20,22,38H,6-10,13-16H2,1-5H3. The van der Waals surface area contributed by atoms with Crippen LogP contribution in [0.25, 0.3) is 10.9 Å². The molecule has 1 N–H and O–H groups in total. The number of likely N-dealkylation sites (tertiary alicyclic amines) is 1. The van der Waals surface area contributed by atoms with Crippen LogP contribution in [0.4, 0.5) is 4.79 Å². The maximum atomic E-state index is 12.7. The number of aliphatic hydroxyl groups is 1. The predicted octanol–water partition coefficient (Wildman–Crippen LogP) is 6.22. The van der Waals surface area contributed by atoms with Crippen LogP contribution >= 0.6 is 11.6 Å². The number of piperidine rings is 1. The first-order valence-corrected chi connectivity index (χ1v) is 14.9. The van der Waals surface area contributed by atoms with Gasteiger partial charge in [-0.2, -0.15) is 0 Å². The maximum Gasteiger partial charge on any atom is 0.410 e. The summed E-state index contributed by atoms with van der Waals surface area (Å²) in [5, 5.41) is 13.7. The summed E-state index contributed by atoms with van der Waals surface area (Å²) in [4.78, 5) is 23.5. The van der Waals surface area contributed by atoms with Crippen LogP contribution in [0.15, 0.2) is 30.7 Å². The predicted molar refractivity (Wildman–Crippen MR) is 158 cm³/mol. The van der Waals surface area contributed by atoms with E-state index in [9.17, 15) is 9.90 Å². The molecule has 9 nitrogen and oxygen atoms in total. The Labute approximate surface area is 246 Å². The number of imidazole rings is 1. The summed E-state index contributed by atoms with van der Waals surface area (Å²) < 4.78 is 19.4. The van der Waals surface area contributed by atoms with Crippen LogP contribution in [0.2, 0.25) is 5.02 Å². The average Bonchev–Trinajstić information content (AvgIpc) is 3.39. The number of amides is 1. The highest BCUT2D eigenvalue weighted by atomic mass is 35.5. The van der Waals surface area contributed by atoms with E-state index in [-0.39, 0.29) is 18.1 Å². The lowest BCUT2D eigenvalue weighted by molar-refractivity contribution is -0.0275. The van der Waals surface area contributed by atoms with E-state index in [0.29, 0.717) is 64.7 Å². The van der Waals surface area contributed by atoms with Crippen molar-refractivity contribution >= 4 is 28.6 Å². The van der Waals surface area contributed by atoms with Crippen molar-refractivity contribution in [3.63, 3.8) is 0 Å². The van der Waals surface area contributed by atoms with Gasteiger partial charge in [0.2, 0.25) is 5.75 Å². The first-order valence-electron chi connectivity index (χ1n) is 14.5. The number of ether oxygens (including phenoxy) is 3. The van der Waals surface area contributed by atoms with E-state index in [4.69, 9.17) is 30.8 Å². The van der Waals surface area contributed by atoms with Gasteiger partial charge in [-0.25, -0.2) is 14.8 Å². The molecule has 1 aliphatic heterocycles. The molecule has 1 saturated heterocycles. The molecule has 1 atom stereocenters. The molecule has 3 heterocycles. The van der Waals surface area contributed by atoms with Crippen molar-refractivity contribution in [2.75, 3.05) is 20.2 Å². The number of hydrogen-bond donors (Lipinski definition) is 1. The Hall–Kier alpha value is -3.04. The Balaban J connectivity index is 1.51. The van der Waals surface area contributed by atoms with E-state index in [2.05, 4.69) is 4.98 Å². The number of aromatic nitrogens is 3. The molecule has 0 spiro atoms. The number of carbonyl (C=O) groups excluding carboxylic acids is 1. The zero-order chi connectivity index (χ0) is 29.4. The lowest BCUT2D eigenvalue weighted by Gasteiger charge is -2.42. The molecular weight excluding hydrogens is 544 g/mol. The van der Waals surface area contributed by atoms with Gasteiger partial charge in [-0.05, 0) is 77.0 Å². The molecule has 0 bridgehead atoms. The van der Waals surface area contributed by atoms with E-state index in [1.165, 1.54) is 6.42 Å². The molecule has 10 heteroatoms. The second-order valence-electron chi connectivity index (χ2n) is 12.3. The highest BCUT2D eigenvalue weighted by Crippen LogP contribution is 2.46. The largest absolute Gasteiger partial charge is 0.483 e. The van der Waals surface area contributed by atoms with Gasteiger partial charge in [-0.15, -0.1) is 0 Å². The number of nitrogens with zero attached hydrogens (tertiary/aromatic N) is 4. The molecule has 5 rings (SSSR count). The number of pyridine rings is 1. The quantitative estimate of drug-likeness (QED) is 0.367. The molecule has 1 aliphatic carbocycles. The molecule has 1 amide bonds. The Morgan fingerprint density at radius 1 is 1.10 bits per heavy atom. The SMILES string of the molecule is COc1nc2ccc(C(O)(c3cncn3C)C3CCN(C(=O)OC(C)(C)C)CC3)cc2c(Cl)c1OC1CCCCC1. The van der Waals surface area contributed by atoms with E-state index >= 15 is 0 Å². The molecule has 3 aromatic rings. The Morgan fingerprint density at radius 3 is 2.41 bits per heavy atom. The Morgan fingerprint density at radius 2 is 1.80 bits per heavy atom. The number of methoxy groups -OCH3 is 1. The molecule has 1 aromatic carbocycles. The molecular formula is C31H41ClN4O5. The average molecular weight is 585 g/mol. The van der Waals surface area contributed by atoms with Crippen molar-refractivity contribution in [1.82, 2.24) is 19.4 Å². The molecule has 0 radical (unpaired) electrons. The van der Waals surface area contributed by atoms with Gasteiger partial charge >= 0.3 is 6.09 Å². The van der Waals surface area contributed by atoms with E-state index in [1.807, 2.05) is 50.6 Å². The highest BCUT2D eigenvalue weighted by molar-refractivity contribution is 6.37. The fourth-order valence-electron chi connectivity index (χ4n) is 6.14. The summed E-state index contributed by atoms with van der Waals surface area (Å²) >= 11 is 7.01. The van der Waals surface area contributed by atoms with Gasteiger partial charge in [0.25, 0.3) is 5.88 Å². The Kier molecular flexibility index (Phi) is 8.39. The highest BCUT2D eigenvalue weighted by Gasteiger charge is 2.44.